The highest BCUT2D eigenvalue weighted by Crippen LogP contribution is 2.39. The van der Waals surface area contributed by atoms with Gasteiger partial charge in [0.1, 0.15) is 41.6 Å². The van der Waals surface area contributed by atoms with E-state index in [1.54, 1.807) is 6.07 Å². The molecule has 1 aliphatic heterocycles. The Labute approximate surface area is 200 Å². The number of rotatable bonds is 5. The minimum Gasteiger partial charge on any atom is -0.394 e. The molecule has 0 amide bonds. The summed E-state index contributed by atoms with van der Waals surface area (Å²) < 4.78 is 47.3. The molecule has 1 saturated heterocycles. The summed E-state index contributed by atoms with van der Waals surface area (Å²) in [7, 11) is 0. The number of aromatic nitrogens is 3. The van der Waals surface area contributed by atoms with Gasteiger partial charge in [-0.1, -0.05) is 28.6 Å². The van der Waals surface area contributed by atoms with Crippen molar-refractivity contribution in [2.75, 3.05) is 6.61 Å². The second kappa shape index (κ2) is 9.91. The lowest BCUT2D eigenvalue weighted by Crippen LogP contribution is -2.55. The highest BCUT2D eigenvalue weighted by Gasteiger charge is 2.46. The first-order valence-electron chi connectivity index (χ1n) is 9.79. The van der Waals surface area contributed by atoms with E-state index >= 15 is 0 Å². The molecule has 2 heterocycles. The molecule has 5 atom stereocenters. The average molecular weight is 513 g/mol. The van der Waals surface area contributed by atoms with E-state index in [9.17, 15) is 28.5 Å². The molecule has 3 aromatic rings. The van der Waals surface area contributed by atoms with Crippen LogP contribution < -0.4 is 0 Å². The van der Waals surface area contributed by atoms with E-state index in [2.05, 4.69) is 10.3 Å². The van der Waals surface area contributed by atoms with Gasteiger partial charge in [-0.15, -0.1) is 5.10 Å². The van der Waals surface area contributed by atoms with Crippen molar-refractivity contribution in [1.82, 2.24) is 15.0 Å². The predicted molar refractivity (Wildman–Crippen MR) is 114 cm³/mol. The Bertz CT molecular complexity index is 1230. The maximum absolute atomic E-state index is 13.6. The molecule has 1 aliphatic rings. The van der Waals surface area contributed by atoms with Gasteiger partial charge in [-0.3, -0.25) is 0 Å². The third kappa shape index (κ3) is 4.63. The summed E-state index contributed by atoms with van der Waals surface area (Å²) in [5.41, 5.74) is -0.868. The second-order valence-corrected chi connectivity index (χ2v) is 8.99. The summed E-state index contributed by atoms with van der Waals surface area (Å²) in [6.45, 7) is -0.578. The first kappa shape index (κ1) is 24.5. The van der Waals surface area contributed by atoms with Crippen molar-refractivity contribution in [3.63, 3.8) is 0 Å². The van der Waals surface area contributed by atoms with Crippen LogP contribution >= 0.6 is 23.4 Å². The first-order valence-corrected chi connectivity index (χ1v) is 11.0. The van der Waals surface area contributed by atoms with E-state index in [1.165, 1.54) is 18.3 Å². The van der Waals surface area contributed by atoms with Crippen molar-refractivity contribution in [2.24, 2.45) is 0 Å². The molecule has 3 N–H and O–H groups in total. The quantitative estimate of drug-likeness (QED) is 0.446. The van der Waals surface area contributed by atoms with Gasteiger partial charge in [0.05, 0.1) is 23.4 Å². The van der Waals surface area contributed by atoms with Crippen molar-refractivity contribution < 1.29 is 33.2 Å². The number of aliphatic hydroxyl groups excluding tert-OH is 3. The van der Waals surface area contributed by atoms with Gasteiger partial charge >= 0.3 is 0 Å². The van der Waals surface area contributed by atoms with Crippen LogP contribution in [0.4, 0.5) is 13.2 Å². The lowest BCUT2D eigenvalue weighted by atomic mass is 9.97. The SMILES string of the molecule is N#Cc1ccc(S[C@H]2OC(CO)[C@H](O)C(n3cc(-c4cc(F)c(F)c(F)c4)nn3)[C@@H]2O)cc1Cl. The summed E-state index contributed by atoms with van der Waals surface area (Å²) in [6, 6.07) is 6.88. The van der Waals surface area contributed by atoms with Crippen LogP contribution in [0.1, 0.15) is 11.6 Å². The molecule has 0 spiro atoms. The van der Waals surface area contributed by atoms with Crippen LogP contribution in [0.3, 0.4) is 0 Å². The molecule has 178 valence electrons. The molecule has 1 aromatic heterocycles. The topological polar surface area (TPSA) is 124 Å². The van der Waals surface area contributed by atoms with Crippen molar-refractivity contribution in [2.45, 2.75) is 34.7 Å². The fraction of sp³-hybridized carbons (Fsp3) is 0.286. The van der Waals surface area contributed by atoms with Gasteiger partial charge in [0.2, 0.25) is 0 Å². The van der Waals surface area contributed by atoms with Crippen LogP contribution in [0.15, 0.2) is 41.4 Å². The highest BCUT2D eigenvalue weighted by molar-refractivity contribution is 7.99. The molecule has 8 nitrogen and oxygen atoms in total. The Morgan fingerprint density at radius 3 is 2.47 bits per heavy atom. The standard InChI is InChI=1S/C21H16ClF3N4O4S/c22-12-5-11(2-1-9(12)6-26)34-21-20(32)18(19(31)16(8-30)33-21)29-7-15(27-28-29)10-3-13(23)17(25)14(24)4-10/h1-5,7,16,18-21,30-32H,8H2/t16?,18?,19-,20-,21+/m0/s1. The van der Waals surface area contributed by atoms with Crippen molar-refractivity contribution >= 4 is 23.4 Å². The Balaban J connectivity index is 1.63. The summed E-state index contributed by atoms with van der Waals surface area (Å²) in [4.78, 5) is 0.552. The normalized spacial score (nSPS) is 24.7. The summed E-state index contributed by atoms with van der Waals surface area (Å²) in [5, 5.41) is 48.2. The number of hydrogen-bond donors (Lipinski definition) is 3. The number of thioether (sulfide) groups is 1. The number of benzene rings is 2. The highest BCUT2D eigenvalue weighted by atomic mass is 35.5. The first-order chi connectivity index (χ1) is 16.2. The molecular weight excluding hydrogens is 497 g/mol. The molecule has 0 radical (unpaired) electrons. The fourth-order valence-corrected chi connectivity index (χ4v) is 4.92. The van der Waals surface area contributed by atoms with Gasteiger partial charge in [-0.25, -0.2) is 17.9 Å². The van der Waals surface area contributed by atoms with Gasteiger partial charge in [0.25, 0.3) is 0 Å². The van der Waals surface area contributed by atoms with Crippen molar-refractivity contribution in [3.05, 3.63) is 64.6 Å². The van der Waals surface area contributed by atoms with E-state index in [1.807, 2.05) is 6.07 Å². The van der Waals surface area contributed by atoms with Crippen LogP contribution in [0, 0.1) is 28.8 Å². The smallest absolute Gasteiger partial charge is 0.194 e. The van der Waals surface area contributed by atoms with Crippen LogP contribution in [0.25, 0.3) is 11.3 Å². The predicted octanol–water partition coefficient (Wildman–Crippen LogP) is 2.66. The minimum atomic E-state index is -1.63. The monoisotopic (exact) mass is 512 g/mol. The number of ether oxygens (including phenoxy) is 1. The zero-order valence-electron chi connectivity index (χ0n) is 17.0. The third-order valence-electron chi connectivity index (χ3n) is 5.26. The second-order valence-electron chi connectivity index (χ2n) is 7.41. The third-order valence-corrected chi connectivity index (χ3v) is 6.72. The number of halogens is 4. The maximum Gasteiger partial charge on any atom is 0.194 e. The zero-order chi connectivity index (χ0) is 24.6. The molecule has 4 rings (SSSR count). The van der Waals surface area contributed by atoms with Gasteiger partial charge < -0.3 is 20.1 Å². The minimum absolute atomic E-state index is 0.0349. The van der Waals surface area contributed by atoms with E-state index in [4.69, 9.17) is 21.6 Å². The summed E-state index contributed by atoms with van der Waals surface area (Å²) >= 11 is 7.11. The maximum atomic E-state index is 13.6. The number of nitrogens with zero attached hydrogens (tertiary/aromatic N) is 4. The van der Waals surface area contributed by atoms with E-state index in [0.717, 1.165) is 28.6 Å². The molecule has 0 saturated carbocycles. The molecular formula is C21H16ClF3N4O4S. The van der Waals surface area contributed by atoms with Gasteiger partial charge in [0, 0.05) is 10.5 Å². The molecule has 0 aliphatic carbocycles. The number of hydrogen-bond acceptors (Lipinski definition) is 8. The van der Waals surface area contributed by atoms with E-state index in [-0.39, 0.29) is 21.8 Å². The van der Waals surface area contributed by atoms with Gasteiger partial charge in [-0.2, -0.15) is 5.26 Å². The van der Waals surface area contributed by atoms with E-state index < -0.39 is 53.8 Å². The molecule has 2 unspecified atom stereocenters. The zero-order valence-corrected chi connectivity index (χ0v) is 18.6. The Morgan fingerprint density at radius 1 is 1.15 bits per heavy atom. The Hall–Kier alpha value is -2.66. The van der Waals surface area contributed by atoms with Gasteiger partial charge in [0.15, 0.2) is 17.5 Å². The Morgan fingerprint density at radius 2 is 1.85 bits per heavy atom. The van der Waals surface area contributed by atoms with Crippen LogP contribution in [-0.2, 0) is 4.74 Å². The molecule has 0 bridgehead atoms. The largest absolute Gasteiger partial charge is 0.394 e. The average Bonchev–Trinajstić information content (AvgIpc) is 3.29. The Kier molecular flexibility index (Phi) is 7.13. The molecule has 13 heteroatoms. The molecule has 34 heavy (non-hydrogen) atoms. The lowest BCUT2D eigenvalue weighted by molar-refractivity contribution is -0.178. The number of aliphatic hydroxyl groups is 3. The van der Waals surface area contributed by atoms with Crippen LogP contribution in [0.2, 0.25) is 5.02 Å². The molecule has 2 aromatic carbocycles. The summed E-state index contributed by atoms with van der Waals surface area (Å²) in [5.74, 6) is -4.44. The summed E-state index contributed by atoms with van der Waals surface area (Å²) in [6.07, 6.45) is -2.68. The van der Waals surface area contributed by atoms with Crippen molar-refractivity contribution in [1.29, 1.82) is 5.26 Å². The fourth-order valence-electron chi connectivity index (χ4n) is 3.53. The molecule has 1 fully saturated rings. The lowest BCUT2D eigenvalue weighted by Gasteiger charge is -2.41. The van der Waals surface area contributed by atoms with Crippen LogP contribution in [-0.4, -0.2) is 60.7 Å². The van der Waals surface area contributed by atoms with Gasteiger partial charge in [-0.05, 0) is 30.3 Å². The number of nitriles is 1. The van der Waals surface area contributed by atoms with Crippen LogP contribution in [0.5, 0.6) is 0 Å². The van der Waals surface area contributed by atoms with Crippen molar-refractivity contribution in [3.8, 4) is 17.3 Å². The van der Waals surface area contributed by atoms with E-state index in [0.29, 0.717) is 4.90 Å².